The zero-order chi connectivity index (χ0) is 26.5. The molecule has 0 saturated heterocycles. The van der Waals surface area contributed by atoms with Crippen LogP contribution in [0.3, 0.4) is 0 Å². The van der Waals surface area contributed by atoms with E-state index in [4.69, 9.17) is 0 Å². The maximum Gasteiger partial charge on any atom is 0.416 e. The monoisotopic (exact) mass is 524 g/mol. The van der Waals surface area contributed by atoms with E-state index >= 15 is 0 Å². The topological polar surface area (TPSA) is 79.2 Å². The van der Waals surface area contributed by atoms with Gasteiger partial charge in [-0.05, 0) is 80.2 Å². The number of carbonyl (C=O) groups excluding carboxylic acids is 1. The Bertz CT molecular complexity index is 1330. The second-order valence-electron chi connectivity index (χ2n) is 11.2. The number of aromatic nitrogens is 2. The summed E-state index contributed by atoms with van der Waals surface area (Å²) in [4.78, 5) is 17.1. The number of urea groups is 1. The molecule has 3 aromatic rings. The highest BCUT2D eigenvalue weighted by molar-refractivity contribution is 5.89. The molecule has 4 aliphatic rings. The lowest BCUT2D eigenvalue weighted by Gasteiger charge is -2.46. The molecule has 7 rings (SSSR count). The average Bonchev–Trinajstić information content (AvgIpc) is 3.36. The number of nitrogens with one attached hydrogen (secondary N) is 2. The van der Waals surface area contributed by atoms with Crippen LogP contribution in [0.25, 0.3) is 11.3 Å². The molecule has 2 unspecified atom stereocenters. The number of alkyl halides is 3. The molecule has 0 spiro atoms. The van der Waals surface area contributed by atoms with Gasteiger partial charge in [-0.1, -0.05) is 30.7 Å². The fourth-order valence-corrected chi connectivity index (χ4v) is 6.97. The average molecular weight is 525 g/mol. The molecule has 3 aliphatic carbocycles. The van der Waals surface area contributed by atoms with E-state index in [1.807, 2.05) is 24.7 Å². The van der Waals surface area contributed by atoms with Crippen LogP contribution in [0.5, 0.6) is 0 Å². The highest BCUT2D eigenvalue weighted by Crippen LogP contribution is 2.54. The Kier molecular flexibility index (Phi) is 6.01. The van der Waals surface area contributed by atoms with Crippen molar-refractivity contribution in [3.05, 3.63) is 72.2 Å². The highest BCUT2D eigenvalue weighted by atomic mass is 19.4. The molecule has 3 N–H and O–H groups in total. The number of rotatable bonds is 5. The molecule has 3 fully saturated rings. The van der Waals surface area contributed by atoms with Crippen molar-refractivity contribution in [2.45, 2.75) is 75.2 Å². The van der Waals surface area contributed by atoms with Gasteiger partial charge in [-0.3, -0.25) is 0 Å². The number of aliphatic hydroxyl groups is 1. The predicted molar refractivity (Wildman–Crippen MR) is 138 cm³/mol. The summed E-state index contributed by atoms with van der Waals surface area (Å²) in [5.41, 5.74) is 2.49. The SMILES string of the molecule is O=C(Nc1ccc(C(F)(F)F)cc1)NC12CCCC(C(O)CC3c4ccccc4-c4cncn43)(CC1)CC2. The van der Waals surface area contributed by atoms with Gasteiger partial charge in [-0.2, -0.15) is 13.2 Å². The molecule has 2 bridgehead atoms. The molecule has 6 nitrogen and oxygen atoms in total. The molecular formula is C29H31F3N4O2. The Balaban J connectivity index is 1.11. The number of hydrogen-bond acceptors (Lipinski definition) is 3. The molecule has 1 aromatic heterocycles. The standard InChI is InChI=1S/C29H31F3N4O2/c30-29(31,32)19-6-8-20(9-7-19)34-26(38)35-28-11-3-10-27(12-14-28,13-15-28)25(37)16-23-21-4-1-2-5-22(21)24-17-33-18-36(23)24/h1-2,4-9,17-18,23,25,37H,3,10-16H2,(H2,34,35,38). The van der Waals surface area contributed by atoms with Crippen molar-refractivity contribution in [3.63, 3.8) is 0 Å². The van der Waals surface area contributed by atoms with Crippen LogP contribution in [0.4, 0.5) is 23.7 Å². The summed E-state index contributed by atoms with van der Waals surface area (Å²) in [7, 11) is 0. The third-order valence-electron chi connectivity index (χ3n) is 9.13. The number of halogens is 3. The third-order valence-corrected chi connectivity index (χ3v) is 9.13. The second kappa shape index (κ2) is 9.15. The van der Waals surface area contributed by atoms with Gasteiger partial charge in [0.05, 0.1) is 35.9 Å². The van der Waals surface area contributed by atoms with E-state index in [-0.39, 0.29) is 17.0 Å². The van der Waals surface area contributed by atoms with Crippen LogP contribution < -0.4 is 10.6 Å². The quantitative estimate of drug-likeness (QED) is 0.355. The first-order valence-electron chi connectivity index (χ1n) is 13.2. The Morgan fingerprint density at radius 2 is 1.79 bits per heavy atom. The lowest BCUT2D eigenvalue weighted by Crippen LogP contribution is -2.53. The molecule has 2 aromatic carbocycles. The Hall–Kier alpha value is -3.33. The number of nitrogens with zero attached hydrogens (tertiary/aromatic N) is 2. The van der Waals surface area contributed by atoms with Crippen molar-refractivity contribution in [1.82, 2.24) is 14.9 Å². The maximum atomic E-state index is 12.8. The molecule has 9 heteroatoms. The van der Waals surface area contributed by atoms with Gasteiger partial charge < -0.3 is 20.3 Å². The van der Waals surface area contributed by atoms with Gasteiger partial charge in [0, 0.05) is 16.8 Å². The first-order chi connectivity index (χ1) is 18.2. The minimum Gasteiger partial charge on any atom is -0.392 e. The van der Waals surface area contributed by atoms with Crippen molar-refractivity contribution in [1.29, 1.82) is 0 Å². The largest absolute Gasteiger partial charge is 0.416 e. The number of aliphatic hydroxyl groups excluding tert-OH is 1. The Morgan fingerprint density at radius 3 is 2.53 bits per heavy atom. The van der Waals surface area contributed by atoms with E-state index in [0.717, 1.165) is 62.8 Å². The number of amides is 2. The molecule has 200 valence electrons. The van der Waals surface area contributed by atoms with E-state index in [2.05, 4.69) is 32.3 Å². The Morgan fingerprint density at radius 1 is 1.05 bits per heavy atom. The van der Waals surface area contributed by atoms with Gasteiger partial charge in [0.25, 0.3) is 0 Å². The smallest absolute Gasteiger partial charge is 0.392 e. The zero-order valence-electron chi connectivity index (χ0n) is 21.0. The number of benzene rings is 2. The normalized spacial score (nSPS) is 26.8. The molecule has 2 heterocycles. The molecule has 1 aliphatic heterocycles. The number of imidazole rings is 1. The Labute approximate surface area is 219 Å². The summed E-state index contributed by atoms with van der Waals surface area (Å²) < 4.78 is 40.6. The van der Waals surface area contributed by atoms with Crippen LogP contribution >= 0.6 is 0 Å². The summed E-state index contributed by atoms with van der Waals surface area (Å²) in [6.45, 7) is 0. The van der Waals surface area contributed by atoms with Crippen LogP contribution in [0, 0.1) is 5.41 Å². The van der Waals surface area contributed by atoms with Crippen molar-refractivity contribution in [3.8, 4) is 11.3 Å². The summed E-state index contributed by atoms with van der Waals surface area (Å²) in [5.74, 6) is 0. The van der Waals surface area contributed by atoms with Crippen LogP contribution in [-0.2, 0) is 6.18 Å². The number of anilines is 1. The van der Waals surface area contributed by atoms with E-state index in [1.165, 1.54) is 23.3 Å². The molecule has 38 heavy (non-hydrogen) atoms. The van der Waals surface area contributed by atoms with Crippen LogP contribution in [0.2, 0.25) is 0 Å². The second-order valence-corrected chi connectivity index (χ2v) is 11.2. The van der Waals surface area contributed by atoms with Crippen molar-refractivity contribution >= 4 is 11.7 Å². The van der Waals surface area contributed by atoms with Crippen LogP contribution in [0.15, 0.2) is 61.1 Å². The molecular weight excluding hydrogens is 493 g/mol. The van der Waals surface area contributed by atoms with Crippen molar-refractivity contribution in [2.75, 3.05) is 5.32 Å². The van der Waals surface area contributed by atoms with Gasteiger partial charge in [0.2, 0.25) is 0 Å². The summed E-state index contributed by atoms with van der Waals surface area (Å²) in [5, 5.41) is 17.5. The lowest BCUT2D eigenvalue weighted by molar-refractivity contribution is -0.137. The third kappa shape index (κ3) is 4.36. The zero-order valence-corrected chi connectivity index (χ0v) is 21.0. The minimum absolute atomic E-state index is 0.0515. The fraction of sp³-hybridized carbons (Fsp3) is 0.448. The van der Waals surface area contributed by atoms with Crippen LogP contribution in [-0.4, -0.2) is 32.3 Å². The number of hydrogen-bond donors (Lipinski definition) is 3. The molecule has 2 amide bonds. The van der Waals surface area contributed by atoms with E-state index in [0.29, 0.717) is 12.1 Å². The summed E-state index contributed by atoms with van der Waals surface area (Å²) in [6, 6.07) is 12.4. The highest BCUT2D eigenvalue weighted by Gasteiger charge is 2.50. The van der Waals surface area contributed by atoms with Gasteiger partial charge >= 0.3 is 12.2 Å². The molecule has 0 radical (unpaired) electrons. The molecule has 3 saturated carbocycles. The van der Waals surface area contributed by atoms with E-state index in [9.17, 15) is 23.1 Å². The minimum atomic E-state index is -4.42. The van der Waals surface area contributed by atoms with Gasteiger partial charge in [-0.15, -0.1) is 0 Å². The number of fused-ring (bicyclic) bond motifs is 7. The summed E-state index contributed by atoms with van der Waals surface area (Å²) >= 11 is 0. The lowest BCUT2D eigenvalue weighted by atomic mass is 9.64. The number of carbonyl (C=O) groups is 1. The van der Waals surface area contributed by atoms with E-state index in [1.54, 1.807) is 0 Å². The summed E-state index contributed by atoms with van der Waals surface area (Å²) in [6.07, 6.45) is 5.25. The van der Waals surface area contributed by atoms with Crippen LogP contribution in [0.1, 0.15) is 68.5 Å². The maximum absolute atomic E-state index is 12.8. The fourth-order valence-electron chi connectivity index (χ4n) is 6.97. The van der Waals surface area contributed by atoms with Gasteiger partial charge in [0.15, 0.2) is 0 Å². The molecule has 2 atom stereocenters. The van der Waals surface area contributed by atoms with Gasteiger partial charge in [0.1, 0.15) is 0 Å². The van der Waals surface area contributed by atoms with Crippen molar-refractivity contribution in [2.24, 2.45) is 5.41 Å². The first-order valence-corrected chi connectivity index (χ1v) is 13.2. The predicted octanol–water partition coefficient (Wildman–Crippen LogP) is 6.53. The van der Waals surface area contributed by atoms with Gasteiger partial charge in [-0.25, -0.2) is 9.78 Å². The first kappa shape index (κ1) is 25.0. The van der Waals surface area contributed by atoms with Crippen molar-refractivity contribution < 1.29 is 23.1 Å². The van der Waals surface area contributed by atoms with E-state index < -0.39 is 23.9 Å².